The monoisotopic (exact) mass is 424 g/mol. The summed E-state index contributed by atoms with van der Waals surface area (Å²) in [7, 11) is 3.22. The van der Waals surface area contributed by atoms with Gasteiger partial charge >= 0.3 is 0 Å². The van der Waals surface area contributed by atoms with E-state index >= 15 is 0 Å². The number of hydrogen-bond donors (Lipinski definition) is 2. The fourth-order valence-corrected chi connectivity index (χ4v) is 4.31. The second-order valence-corrected chi connectivity index (χ2v) is 8.50. The van der Waals surface area contributed by atoms with Crippen molar-refractivity contribution >= 4 is 22.7 Å². The molecule has 2 amide bonds. The lowest BCUT2D eigenvalue weighted by molar-refractivity contribution is -0.130. The van der Waals surface area contributed by atoms with Gasteiger partial charge in [-0.1, -0.05) is 19.0 Å². The minimum absolute atomic E-state index is 0.0918. The Morgan fingerprint density at radius 2 is 2.16 bits per heavy atom. The zero-order valence-electron chi connectivity index (χ0n) is 18.3. The summed E-state index contributed by atoms with van der Waals surface area (Å²) in [5.41, 5.74) is 1.55. The third-order valence-corrected chi connectivity index (χ3v) is 6.15. The maximum Gasteiger partial charge on any atom is 0.256 e. The number of nitrogens with one attached hydrogen (secondary N) is 2. The van der Waals surface area contributed by atoms with Crippen LogP contribution in [0.3, 0.4) is 0 Å². The van der Waals surface area contributed by atoms with Crippen LogP contribution in [0, 0.1) is 5.41 Å². The van der Waals surface area contributed by atoms with E-state index in [2.05, 4.69) is 15.5 Å². The van der Waals surface area contributed by atoms with Gasteiger partial charge in [-0.25, -0.2) is 0 Å². The highest BCUT2D eigenvalue weighted by Gasteiger charge is 2.46. The average Bonchev–Trinajstić information content (AvgIpc) is 3.51. The molecule has 0 aliphatic carbocycles. The summed E-state index contributed by atoms with van der Waals surface area (Å²) in [6.07, 6.45) is 2.68. The molecular formula is C23H28N4O4. The lowest BCUT2D eigenvalue weighted by Gasteiger charge is -2.26. The Balaban J connectivity index is 1.60. The molecular weight excluding hydrogens is 396 g/mol. The summed E-state index contributed by atoms with van der Waals surface area (Å²) in [6.45, 7) is 4.90. The predicted octanol–water partition coefficient (Wildman–Crippen LogP) is 3.11. The lowest BCUT2D eigenvalue weighted by Crippen LogP contribution is -2.44. The van der Waals surface area contributed by atoms with Gasteiger partial charge in [0.05, 0.1) is 23.8 Å². The Bertz CT molecular complexity index is 1120. The van der Waals surface area contributed by atoms with Gasteiger partial charge in [0, 0.05) is 49.7 Å². The fraction of sp³-hybridized carbons (Fsp3) is 0.435. The maximum atomic E-state index is 13.4. The second kappa shape index (κ2) is 8.09. The summed E-state index contributed by atoms with van der Waals surface area (Å²) in [5, 5.41) is 7.70. The predicted molar refractivity (Wildman–Crippen MR) is 116 cm³/mol. The van der Waals surface area contributed by atoms with E-state index in [9.17, 15) is 9.59 Å². The second-order valence-electron chi connectivity index (χ2n) is 8.50. The number of ether oxygens (including phenoxy) is 1. The largest absolute Gasteiger partial charge is 0.497 e. The van der Waals surface area contributed by atoms with E-state index in [0.29, 0.717) is 43.0 Å². The van der Waals surface area contributed by atoms with Gasteiger partial charge in [0.25, 0.3) is 5.91 Å². The van der Waals surface area contributed by atoms with Gasteiger partial charge in [-0.05, 0) is 30.5 Å². The Morgan fingerprint density at radius 3 is 2.84 bits per heavy atom. The van der Waals surface area contributed by atoms with Gasteiger partial charge in [0.1, 0.15) is 11.5 Å². The highest BCUT2D eigenvalue weighted by molar-refractivity contribution is 6.07. The van der Waals surface area contributed by atoms with Crippen molar-refractivity contribution < 1.29 is 18.8 Å². The third-order valence-electron chi connectivity index (χ3n) is 6.15. The van der Waals surface area contributed by atoms with Crippen molar-refractivity contribution in [2.75, 3.05) is 27.2 Å². The zero-order valence-corrected chi connectivity index (χ0v) is 18.3. The number of hydrogen-bond acceptors (Lipinski definition) is 5. The number of carbonyl (C=O) groups excluding carboxylic acids is 2. The first-order valence-corrected chi connectivity index (χ1v) is 10.5. The number of amides is 2. The van der Waals surface area contributed by atoms with E-state index < -0.39 is 5.41 Å². The first kappa shape index (κ1) is 21.0. The molecule has 8 heteroatoms. The number of fused-ring (bicyclic) bond motifs is 1. The molecule has 3 heterocycles. The number of methoxy groups -OCH3 is 1. The van der Waals surface area contributed by atoms with Gasteiger partial charge in [0.2, 0.25) is 5.91 Å². The van der Waals surface area contributed by atoms with Crippen LogP contribution in [0.5, 0.6) is 5.75 Å². The van der Waals surface area contributed by atoms with Crippen LogP contribution in [-0.4, -0.2) is 54.1 Å². The molecule has 0 spiro atoms. The molecule has 0 unspecified atom stereocenters. The number of aromatic nitrogens is 2. The van der Waals surface area contributed by atoms with Crippen LogP contribution in [0.25, 0.3) is 10.9 Å². The minimum atomic E-state index is -0.748. The number of carbonyl (C=O) groups is 2. The SMILES string of the molecule is CNC(=O)[C@@]1(Cc2cc(C(C)C)no2)CCN(C(=O)c2c[nH]c3ccc(OC)cc23)C1. The summed E-state index contributed by atoms with van der Waals surface area (Å²) in [4.78, 5) is 31.2. The molecule has 8 nitrogen and oxygen atoms in total. The van der Waals surface area contributed by atoms with E-state index in [4.69, 9.17) is 9.26 Å². The summed E-state index contributed by atoms with van der Waals surface area (Å²) in [6, 6.07) is 7.50. The first-order chi connectivity index (χ1) is 14.9. The van der Waals surface area contributed by atoms with Crippen molar-refractivity contribution in [3.05, 3.63) is 47.5 Å². The molecule has 0 radical (unpaired) electrons. The molecule has 1 aliphatic rings. The van der Waals surface area contributed by atoms with Crippen LogP contribution in [0.4, 0.5) is 0 Å². The van der Waals surface area contributed by atoms with E-state index in [-0.39, 0.29) is 17.7 Å². The molecule has 0 bridgehead atoms. The molecule has 2 N–H and O–H groups in total. The Morgan fingerprint density at radius 1 is 1.35 bits per heavy atom. The van der Waals surface area contributed by atoms with Gasteiger partial charge in [-0.3, -0.25) is 9.59 Å². The Hall–Kier alpha value is -3.29. The molecule has 164 valence electrons. The molecule has 1 atom stereocenters. The maximum absolute atomic E-state index is 13.4. The average molecular weight is 425 g/mol. The summed E-state index contributed by atoms with van der Waals surface area (Å²) < 4.78 is 10.8. The topological polar surface area (TPSA) is 100 Å². The molecule has 1 fully saturated rings. The lowest BCUT2D eigenvalue weighted by atomic mass is 9.81. The van der Waals surface area contributed by atoms with Crippen molar-refractivity contribution in [3.63, 3.8) is 0 Å². The molecule has 0 saturated carbocycles. The standard InChI is InChI=1S/C23H28N4O4/c1-14(2)20-10-16(31-26-20)11-23(22(29)24-3)7-8-27(13-23)21(28)18-12-25-19-6-5-15(30-4)9-17(18)19/h5-6,9-10,12,14,25H,7-8,11,13H2,1-4H3,(H,24,29)/t23-/m1/s1. The van der Waals surface area contributed by atoms with Crippen LogP contribution >= 0.6 is 0 Å². The smallest absolute Gasteiger partial charge is 0.256 e. The highest BCUT2D eigenvalue weighted by Crippen LogP contribution is 2.36. The van der Waals surface area contributed by atoms with Gasteiger partial charge in [0.15, 0.2) is 0 Å². The van der Waals surface area contributed by atoms with Crippen LogP contribution in [0.2, 0.25) is 0 Å². The van der Waals surface area contributed by atoms with E-state index in [1.807, 2.05) is 38.1 Å². The summed E-state index contributed by atoms with van der Waals surface area (Å²) in [5.74, 6) is 1.40. The molecule has 4 rings (SSSR count). The number of benzene rings is 1. The van der Waals surface area contributed by atoms with Crippen molar-refractivity contribution in [1.29, 1.82) is 0 Å². The molecule has 31 heavy (non-hydrogen) atoms. The van der Waals surface area contributed by atoms with Crippen LogP contribution in [0.15, 0.2) is 35.0 Å². The van der Waals surface area contributed by atoms with Crippen molar-refractivity contribution in [3.8, 4) is 5.75 Å². The van der Waals surface area contributed by atoms with Crippen LogP contribution in [-0.2, 0) is 11.2 Å². The van der Waals surface area contributed by atoms with Crippen LogP contribution < -0.4 is 10.1 Å². The normalized spacial score (nSPS) is 18.7. The van der Waals surface area contributed by atoms with Crippen molar-refractivity contribution in [2.24, 2.45) is 5.41 Å². The number of nitrogens with zero attached hydrogens (tertiary/aromatic N) is 2. The van der Waals surface area contributed by atoms with E-state index in [1.165, 1.54) is 0 Å². The van der Waals surface area contributed by atoms with Gasteiger partial charge in [-0.2, -0.15) is 0 Å². The third kappa shape index (κ3) is 3.78. The minimum Gasteiger partial charge on any atom is -0.497 e. The molecule has 1 saturated heterocycles. The Kier molecular flexibility index (Phi) is 5.47. The molecule has 1 aromatic carbocycles. The fourth-order valence-electron chi connectivity index (χ4n) is 4.31. The van der Waals surface area contributed by atoms with Crippen molar-refractivity contribution in [2.45, 2.75) is 32.6 Å². The summed E-state index contributed by atoms with van der Waals surface area (Å²) >= 11 is 0. The van der Waals surface area contributed by atoms with Crippen molar-refractivity contribution in [1.82, 2.24) is 20.4 Å². The highest BCUT2D eigenvalue weighted by atomic mass is 16.5. The number of H-pyrrole nitrogens is 1. The number of rotatable bonds is 6. The molecule has 3 aromatic rings. The number of aromatic amines is 1. The van der Waals surface area contributed by atoms with E-state index in [1.54, 1.807) is 25.3 Å². The van der Waals surface area contributed by atoms with E-state index in [0.717, 1.165) is 16.6 Å². The molecule has 1 aliphatic heterocycles. The first-order valence-electron chi connectivity index (χ1n) is 10.5. The molecule has 2 aromatic heterocycles. The Labute approximate surface area is 180 Å². The van der Waals surface area contributed by atoms with Crippen LogP contribution in [0.1, 0.15) is 48.0 Å². The quantitative estimate of drug-likeness (QED) is 0.633. The van der Waals surface area contributed by atoms with Gasteiger partial charge in [-0.15, -0.1) is 0 Å². The zero-order chi connectivity index (χ0) is 22.2. The number of likely N-dealkylation sites (tertiary alicyclic amines) is 1. The van der Waals surface area contributed by atoms with Gasteiger partial charge < -0.3 is 24.5 Å².